The number of aliphatic carboxylic acids is 2. The maximum atomic E-state index is 10.7. The average Bonchev–Trinajstić information content (AvgIpc) is 1.82. The van der Waals surface area contributed by atoms with Crippen molar-refractivity contribution >= 4 is 11.9 Å². The number of rotatable bonds is 3. The van der Waals surface area contributed by atoms with Gasteiger partial charge in [0.25, 0.3) is 0 Å². The quantitative estimate of drug-likeness (QED) is 0.586. The van der Waals surface area contributed by atoms with Crippen LogP contribution in [0.4, 0.5) is 0 Å². The molecular weight excluding hydrogens is 174 g/mol. The van der Waals surface area contributed by atoms with E-state index in [0.29, 0.717) is 0 Å². The van der Waals surface area contributed by atoms with Crippen LogP contribution in [0, 0.1) is 11.3 Å². The summed E-state index contributed by atoms with van der Waals surface area (Å²) >= 11 is 0. The second-order valence-electron chi connectivity index (χ2n) is 4.05. The van der Waals surface area contributed by atoms with E-state index in [2.05, 4.69) is 0 Å². The fourth-order valence-corrected chi connectivity index (χ4v) is 1.21. The summed E-state index contributed by atoms with van der Waals surface area (Å²) in [6, 6.07) is -1.36. The number of hydrogen-bond acceptors (Lipinski definition) is 3. The maximum absolute atomic E-state index is 10.7. The Hall–Kier alpha value is -1.10. The normalized spacial score (nSPS) is 16.3. The molecule has 13 heavy (non-hydrogen) atoms. The minimum atomic E-state index is -1.36. The fraction of sp³-hybridized carbons (Fsp3) is 0.750. The molecule has 0 aromatic rings. The molecule has 1 unspecified atom stereocenters. The van der Waals surface area contributed by atoms with E-state index in [4.69, 9.17) is 15.9 Å². The minimum absolute atomic E-state index is 0.663. The van der Waals surface area contributed by atoms with Crippen molar-refractivity contribution in [1.82, 2.24) is 0 Å². The number of hydrogen-bond donors (Lipinski definition) is 3. The summed E-state index contributed by atoms with van der Waals surface area (Å²) in [5.41, 5.74) is 4.60. The van der Waals surface area contributed by atoms with Gasteiger partial charge in [-0.3, -0.25) is 9.59 Å². The zero-order valence-corrected chi connectivity index (χ0v) is 7.94. The first-order valence-corrected chi connectivity index (χ1v) is 3.89. The van der Waals surface area contributed by atoms with Crippen LogP contribution in [0.5, 0.6) is 0 Å². The molecule has 0 saturated heterocycles. The first-order chi connectivity index (χ1) is 5.68. The highest BCUT2D eigenvalue weighted by Gasteiger charge is 2.39. The van der Waals surface area contributed by atoms with Gasteiger partial charge in [-0.1, -0.05) is 20.8 Å². The standard InChI is InChI=1S/C8H15NO4/c1-8(2,3)4(6(10)11)5(9)7(12)13/h4-5H,9H2,1-3H3,(H,10,11)(H,12,13)/t4?,5-/m0/s1. The van der Waals surface area contributed by atoms with Gasteiger partial charge in [-0.05, 0) is 5.41 Å². The molecule has 0 spiro atoms. The SMILES string of the molecule is CC(C)(C)C(C(=O)O)[C@H](N)C(=O)O. The molecule has 5 nitrogen and oxygen atoms in total. The molecule has 0 fully saturated rings. The lowest BCUT2D eigenvalue weighted by Crippen LogP contribution is -2.48. The lowest BCUT2D eigenvalue weighted by Gasteiger charge is -2.29. The molecular formula is C8H15NO4. The second kappa shape index (κ2) is 3.74. The van der Waals surface area contributed by atoms with Gasteiger partial charge in [0.2, 0.25) is 0 Å². The molecule has 0 amide bonds. The molecule has 0 heterocycles. The first-order valence-electron chi connectivity index (χ1n) is 3.89. The number of carboxylic acid groups (broad SMARTS) is 2. The predicted octanol–water partition coefficient (Wildman–Crippen LogP) is 0.145. The molecule has 76 valence electrons. The third-order valence-corrected chi connectivity index (χ3v) is 1.84. The van der Waals surface area contributed by atoms with Crippen molar-refractivity contribution in [2.75, 3.05) is 0 Å². The van der Waals surface area contributed by atoms with Crippen LogP contribution in [0.1, 0.15) is 20.8 Å². The Labute approximate surface area is 76.5 Å². The van der Waals surface area contributed by atoms with Gasteiger partial charge in [0, 0.05) is 0 Å². The summed E-state index contributed by atoms with van der Waals surface area (Å²) in [6.45, 7) is 4.94. The third kappa shape index (κ3) is 3.02. The van der Waals surface area contributed by atoms with Gasteiger partial charge in [-0.15, -0.1) is 0 Å². The largest absolute Gasteiger partial charge is 0.481 e. The van der Waals surface area contributed by atoms with Crippen LogP contribution in [0.25, 0.3) is 0 Å². The highest BCUT2D eigenvalue weighted by Crippen LogP contribution is 2.28. The molecule has 0 aliphatic carbocycles. The van der Waals surface area contributed by atoms with E-state index in [1.54, 1.807) is 20.8 Å². The van der Waals surface area contributed by atoms with Crippen molar-refractivity contribution < 1.29 is 19.8 Å². The Balaban J connectivity index is 4.83. The Morgan fingerprint density at radius 3 is 1.62 bits per heavy atom. The van der Waals surface area contributed by atoms with Gasteiger partial charge >= 0.3 is 11.9 Å². The van der Waals surface area contributed by atoms with Gasteiger partial charge in [0.15, 0.2) is 0 Å². The van der Waals surface area contributed by atoms with E-state index >= 15 is 0 Å². The van der Waals surface area contributed by atoms with Gasteiger partial charge in [-0.25, -0.2) is 0 Å². The summed E-state index contributed by atoms with van der Waals surface area (Å²) < 4.78 is 0. The van der Waals surface area contributed by atoms with E-state index in [-0.39, 0.29) is 0 Å². The van der Waals surface area contributed by atoms with E-state index in [9.17, 15) is 9.59 Å². The molecule has 0 saturated carbocycles. The van der Waals surface area contributed by atoms with E-state index in [1.807, 2.05) is 0 Å². The monoisotopic (exact) mass is 189 g/mol. The van der Waals surface area contributed by atoms with Crippen LogP contribution in [-0.2, 0) is 9.59 Å². The zero-order chi connectivity index (χ0) is 10.8. The highest BCUT2D eigenvalue weighted by atomic mass is 16.4. The molecule has 0 aromatic carbocycles. The predicted molar refractivity (Wildman–Crippen MR) is 46.2 cm³/mol. The molecule has 0 rings (SSSR count). The van der Waals surface area contributed by atoms with Gasteiger partial charge in [-0.2, -0.15) is 0 Å². The minimum Gasteiger partial charge on any atom is -0.481 e. The molecule has 2 atom stereocenters. The molecule has 0 aliphatic rings. The van der Waals surface area contributed by atoms with Crippen molar-refractivity contribution in [1.29, 1.82) is 0 Å². The van der Waals surface area contributed by atoms with Crippen molar-refractivity contribution in [2.45, 2.75) is 26.8 Å². The molecule has 0 aromatic heterocycles. The Morgan fingerprint density at radius 2 is 1.54 bits per heavy atom. The summed E-state index contributed by atoms with van der Waals surface area (Å²) in [5, 5.41) is 17.4. The highest BCUT2D eigenvalue weighted by molar-refractivity contribution is 5.83. The van der Waals surface area contributed by atoms with Crippen LogP contribution in [0.2, 0.25) is 0 Å². The second-order valence-corrected chi connectivity index (χ2v) is 4.05. The molecule has 4 N–H and O–H groups in total. The fourth-order valence-electron chi connectivity index (χ4n) is 1.21. The van der Waals surface area contributed by atoms with Crippen LogP contribution in [-0.4, -0.2) is 28.2 Å². The van der Waals surface area contributed by atoms with Crippen molar-refractivity contribution in [3.8, 4) is 0 Å². The van der Waals surface area contributed by atoms with Crippen LogP contribution >= 0.6 is 0 Å². The van der Waals surface area contributed by atoms with E-state index in [1.165, 1.54) is 0 Å². The Morgan fingerprint density at radius 1 is 1.15 bits per heavy atom. The summed E-state index contributed by atoms with van der Waals surface area (Å²) in [4.78, 5) is 21.3. The molecule has 0 bridgehead atoms. The van der Waals surface area contributed by atoms with Gasteiger partial charge in [0.1, 0.15) is 6.04 Å². The number of carbonyl (C=O) groups is 2. The van der Waals surface area contributed by atoms with E-state index in [0.717, 1.165) is 0 Å². The molecule has 0 radical (unpaired) electrons. The zero-order valence-electron chi connectivity index (χ0n) is 7.94. The summed E-state index contributed by atoms with van der Waals surface area (Å²) in [5.74, 6) is -3.55. The summed E-state index contributed by atoms with van der Waals surface area (Å²) in [7, 11) is 0. The Bertz CT molecular complexity index is 219. The van der Waals surface area contributed by atoms with Crippen LogP contribution < -0.4 is 5.73 Å². The third-order valence-electron chi connectivity index (χ3n) is 1.84. The van der Waals surface area contributed by atoms with Crippen LogP contribution in [0.3, 0.4) is 0 Å². The van der Waals surface area contributed by atoms with Gasteiger partial charge < -0.3 is 15.9 Å². The number of carboxylic acids is 2. The Kier molecular flexibility index (Phi) is 3.42. The van der Waals surface area contributed by atoms with Crippen molar-refractivity contribution in [2.24, 2.45) is 17.1 Å². The van der Waals surface area contributed by atoms with Crippen molar-refractivity contribution in [3.63, 3.8) is 0 Å². The smallest absolute Gasteiger partial charge is 0.321 e. The topological polar surface area (TPSA) is 101 Å². The first kappa shape index (κ1) is 11.9. The van der Waals surface area contributed by atoms with Crippen molar-refractivity contribution in [3.05, 3.63) is 0 Å². The maximum Gasteiger partial charge on any atom is 0.321 e. The van der Waals surface area contributed by atoms with Crippen LogP contribution in [0.15, 0.2) is 0 Å². The molecule has 0 aliphatic heterocycles. The van der Waals surface area contributed by atoms with E-state index < -0.39 is 29.3 Å². The van der Waals surface area contributed by atoms with Gasteiger partial charge in [0.05, 0.1) is 5.92 Å². The lowest BCUT2D eigenvalue weighted by atomic mass is 9.76. The summed E-state index contributed by atoms with van der Waals surface area (Å²) in [6.07, 6.45) is 0. The lowest BCUT2D eigenvalue weighted by molar-refractivity contribution is -0.154. The number of nitrogens with two attached hydrogens (primary N) is 1. The molecule has 5 heteroatoms. The average molecular weight is 189 g/mol.